The molecule has 5 nitrogen and oxygen atoms in total. The normalized spacial score (nSPS) is 14.5. The van der Waals surface area contributed by atoms with Crippen molar-refractivity contribution in [3.8, 4) is 22.6 Å². The molecule has 0 saturated carbocycles. The molecule has 35 heavy (non-hydrogen) atoms. The second-order valence-corrected chi connectivity index (χ2v) is 9.66. The van der Waals surface area contributed by atoms with Gasteiger partial charge in [0.05, 0.1) is 23.9 Å². The van der Waals surface area contributed by atoms with Crippen molar-refractivity contribution >= 4 is 33.7 Å². The van der Waals surface area contributed by atoms with Crippen molar-refractivity contribution in [2.75, 3.05) is 46.4 Å². The SMILES string of the molecule is COc1ccccc1-c1ccc(C=Cc2nc3ccccc3s2)c(OCCCN2CCNCC2)c1. The van der Waals surface area contributed by atoms with Crippen molar-refractivity contribution < 1.29 is 9.47 Å². The lowest BCUT2D eigenvalue weighted by Gasteiger charge is -2.27. The molecule has 5 rings (SSSR count). The predicted octanol–water partition coefficient (Wildman–Crippen LogP) is 5.82. The highest BCUT2D eigenvalue weighted by Crippen LogP contribution is 2.34. The van der Waals surface area contributed by atoms with Crippen LogP contribution < -0.4 is 14.8 Å². The molecule has 0 aliphatic carbocycles. The number of nitrogens with one attached hydrogen (secondary N) is 1. The van der Waals surface area contributed by atoms with Crippen molar-refractivity contribution in [3.05, 3.63) is 77.3 Å². The van der Waals surface area contributed by atoms with Gasteiger partial charge in [-0.3, -0.25) is 0 Å². The van der Waals surface area contributed by atoms with Gasteiger partial charge >= 0.3 is 0 Å². The summed E-state index contributed by atoms with van der Waals surface area (Å²) in [5, 5.41) is 4.40. The molecule has 0 spiro atoms. The molecule has 1 aromatic heterocycles. The van der Waals surface area contributed by atoms with Gasteiger partial charge in [0.15, 0.2) is 0 Å². The Morgan fingerprint density at radius 1 is 0.971 bits per heavy atom. The molecule has 1 saturated heterocycles. The number of rotatable bonds is 9. The Kier molecular flexibility index (Phi) is 7.73. The van der Waals surface area contributed by atoms with E-state index in [9.17, 15) is 0 Å². The lowest BCUT2D eigenvalue weighted by Crippen LogP contribution is -2.43. The van der Waals surface area contributed by atoms with E-state index in [2.05, 4.69) is 64.8 Å². The molecule has 2 heterocycles. The lowest BCUT2D eigenvalue weighted by molar-refractivity contribution is 0.214. The smallest absolute Gasteiger partial charge is 0.127 e. The van der Waals surface area contributed by atoms with Gasteiger partial charge in [-0.2, -0.15) is 0 Å². The summed E-state index contributed by atoms with van der Waals surface area (Å²) in [6, 6.07) is 22.7. The summed E-state index contributed by atoms with van der Waals surface area (Å²) in [6.45, 7) is 6.11. The zero-order valence-electron chi connectivity index (χ0n) is 20.1. The zero-order valence-corrected chi connectivity index (χ0v) is 20.9. The average molecular weight is 486 g/mol. The minimum atomic E-state index is 0.682. The van der Waals surface area contributed by atoms with Crippen LogP contribution in [-0.2, 0) is 0 Å². The Morgan fingerprint density at radius 3 is 2.66 bits per heavy atom. The van der Waals surface area contributed by atoms with Gasteiger partial charge in [-0.15, -0.1) is 11.3 Å². The first kappa shape index (κ1) is 23.5. The number of methoxy groups -OCH3 is 1. The van der Waals surface area contributed by atoms with Gasteiger partial charge in [0.2, 0.25) is 0 Å². The second-order valence-electron chi connectivity index (χ2n) is 8.60. The van der Waals surface area contributed by atoms with E-state index >= 15 is 0 Å². The fourth-order valence-corrected chi connectivity index (χ4v) is 5.25. The first-order valence-corrected chi connectivity index (χ1v) is 13.0. The highest BCUT2D eigenvalue weighted by atomic mass is 32.1. The molecule has 0 amide bonds. The Bertz CT molecular complexity index is 1260. The van der Waals surface area contributed by atoms with E-state index in [4.69, 9.17) is 14.5 Å². The van der Waals surface area contributed by atoms with Gasteiger partial charge in [-0.25, -0.2) is 4.98 Å². The lowest BCUT2D eigenvalue weighted by atomic mass is 10.0. The van der Waals surface area contributed by atoms with E-state index in [0.29, 0.717) is 6.61 Å². The number of nitrogens with zero attached hydrogens (tertiary/aromatic N) is 2. The summed E-state index contributed by atoms with van der Waals surface area (Å²) in [4.78, 5) is 7.24. The van der Waals surface area contributed by atoms with Crippen molar-refractivity contribution in [2.45, 2.75) is 6.42 Å². The summed E-state index contributed by atoms with van der Waals surface area (Å²) in [6.07, 6.45) is 5.19. The molecule has 3 aromatic carbocycles. The minimum absolute atomic E-state index is 0.682. The van der Waals surface area contributed by atoms with Gasteiger partial charge in [0, 0.05) is 43.9 Å². The van der Waals surface area contributed by atoms with Crippen LogP contribution >= 0.6 is 11.3 Å². The van der Waals surface area contributed by atoms with E-state index in [1.165, 1.54) is 4.70 Å². The Hall–Kier alpha value is -3.19. The number of hydrogen-bond donors (Lipinski definition) is 1. The number of benzene rings is 3. The van der Waals surface area contributed by atoms with Crippen LogP contribution in [0.15, 0.2) is 66.7 Å². The Morgan fingerprint density at radius 2 is 1.80 bits per heavy atom. The summed E-state index contributed by atoms with van der Waals surface area (Å²) < 4.78 is 13.2. The van der Waals surface area contributed by atoms with Crippen LogP contribution in [-0.4, -0.2) is 56.3 Å². The monoisotopic (exact) mass is 485 g/mol. The molecule has 0 bridgehead atoms. The van der Waals surface area contributed by atoms with Crippen molar-refractivity contribution in [3.63, 3.8) is 0 Å². The zero-order chi connectivity index (χ0) is 23.9. The molecular weight excluding hydrogens is 454 g/mol. The molecule has 0 atom stereocenters. The first-order chi connectivity index (χ1) is 17.3. The summed E-state index contributed by atoms with van der Waals surface area (Å²) >= 11 is 1.70. The summed E-state index contributed by atoms with van der Waals surface area (Å²) in [5.74, 6) is 1.74. The number of ether oxygens (including phenoxy) is 2. The van der Waals surface area contributed by atoms with Crippen molar-refractivity contribution in [2.24, 2.45) is 0 Å². The van der Waals surface area contributed by atoms with Gasteiger partial charge in [-0.1, -0.05) is 42.5 Å². The maximum Gasteiger partial charge on any atom is 0.127 e. The van der Waals surface area contributed by atoms with Crippen LogP contribution in [0.5, 0.6) is 11.5 Å². The van der Waals surface area contributed by atoms with Crippen LogP contribution in [0.2, 0.25) is 0 Å². The largest absolute Gasteiger partial charge is 0.496 e. The van der Waals surface area contributed by atoms with E-state index in [-0.39, 0.29) is 0 Å². The molecule has 1 aliphatic heterocycles. The van der Waals surface area contributed by atoms with E-state index in [0.717, 1.165) is 77.9 Å². The first-order valence-electron chi connectivity index (χ1n) is 12.2. The number of aromatic nitrogens is 1. The molecule has 1 N–H and O–H groups in total. The molecule has 180 valence electrons. The topological polar surface area (TPSA) is 46.6 Å². The van der Waals surface area contributed by atoms with E-state index in [1.807, 2.05) is 24.3 Å². The van der Waals surface area contributed by atoms with Crippen LogP contribution in [0.1, 0.15) is 17.0 Å². The molecule has 0 unspecified atom stereocenters. The fraction of sp³-hybridized carbons (Fsp3) is 0.276. The van der Waals surface area contributed by atoms with Gasteiger partial charge in [-0.05, 0) is 48.4 Å². The van der Waals surface area contributed by atoms with Crippen LogP contribution in [0.4, 0.5) is 0 Å². The van der Waals surface area contributed by atoms with Gasteiger partial charge in [0.25, 0.3) is 0 Å². The van der Waals surface area contributed by atoms with Crippen LogP contribution in [0.25, 0.3) is 33.5 Å². The average Bonchev–Trinajstić information content (AvgIpc) is 3.34. The Balaban J connectivity index is 1.37. The van der Waals surface area contributed by atoms with Crippen molar-refractivity contribution in [1.82, 2.24) is 15.2 Å². The second kappa shape index (κ2) is 11.5. The molecule has 4 aromatic rings. The molecule has 0 radical (unpaired) electrons. The highest BCUT2D eigenvalue weighted by Gasteiger charge is 2.11. The third kappa shape index (κ3) is 5.90. The maximum atomic E-state index is 6.36. The fourth-order valence-electron chi connectivity index (χ4n) is 4.38. The summed E-state index contributed by atoms with van der Waals surface area (Å²) in [5.41, 5.74) is 4.22. The molecule has 6 heteroatoms. The Labute approximate surface area is 211 Å². The van der Waals surface area contributed by atoms with Crippen LogP contribution in [0.3, 0.4) is 0 Å². The number of piperazine rings is 1. The quantitative estimate of drug-likeness (QED) is 0.303. The number of thiazole rings is 1. The molecule has 1 aliphatic rings. The van der Waals surface area contributed by atoms with E-state index in [1.54, 1.807) is 18.4 Å². The third-order valence-corrected chi connectivity index (χ3v) is 7.23. The minimum Gasteiger partial charge on any atom is -0.496 e. The maximum absolute atomic E-state index is 6.36. The van der Waals surface area contributed by atoms with Crippen molar-refractivity contribution in [1.29, 1.82) is 0 Å². The number of hydrogen-bond acceptors (Lipinski definition) is 6. The third-order valence-electron chi connectivity index (χ3n) is 6.23. The summed E-state index contributed by atoms with van der Waals surface area (Å²) in [7, 11) is 1.71. The van der Waals surface area contributed by atoms with Gasteiger partial charge in [0.1, 0.15) is 16.5 Å². The number of para-hydroxylation sites is 2. The van der Waals surface area contributed by atoms with Crippen LogP contribution in [0, 0.1) is 0 Å². The number of fused-ring (bicyclic) bond motifs is 1. The highest BCUT2D eigenvalue weighted by molar-refractivity contribution is 7.19. The van der Waals surface area contributed by atoms with Gasteiger partial charge < -0.3 is 19.7 Å². The molecule has 1 fully saturated rings. The predicted molar refractivity (Wildman–Crippen MR) is 146 cm³/mol. The standard InChI is InChI=1S/C29H31N3O2S/c1-33-26-9-4-2-7-24(26)23-12-11-22(13-14-29-31-25-8-3-5-10-28(25)35-29)27(21-23)34-20-6-17-32-18-15-30-16-19-32/h2-5,7-14,21,30H,6,15-20H2,1H3. The van der Waals surface area contributed by atoms with E-state index < -0.39 is 0 Å². The molecular formula is C29H31N3O2S.